The van der Waals surface area contributed by atoms with Gasteiger partial charge < -0.3 is 5.73 Å². The van der Waals surface area contributed by atoms with E-state index in [2.05, 4.69) is 9.97 Å². The van der Waals surface area contributed by atoms with E-state index in [0.717, 1.165) is 17.0 Å². The lowest BCUT2D eigenvalue weighted by Gasteiger charge is -1.97. The number of pyridine rings is 1. The first-order valence-electron chi connectivity index (χ1n) is 5.36. The number of carbonyl (C=O) groups excluding carboxylic acids is 1. The van der Waals surface area contributed by atoms with Crippen molar-refractivity contribution in [2.24, 2.45) is 5.73 Å². The van der Waals surface area contributed by atoms with Gasteiger partial charge in [0.2, 0.25) is 0 Å². The second-order valence-electron chi connectivity index (χ2n) is 3.62. The molecule has 17 heavy (non-hydrogen) atoms. The van der Waals surface area contributed by atoms with E-state index in [1.165, 1.54) is 11.3 Å². The molecule has 0 saturated heterocycles. The second-order valence-corrected chi connectivity index (χ2v) is 4.56. The average molecular weight is 247 g/mol. The van der Waals surface area contributed by atoms with Crippen LogP contribution in [0.2, 0.25) is 0 Å². The largest absolute Gasteiger partial charge is 0.330 e. The third-order valence-electron chi connectivity index (χ3n) is 2.31. The first-order valence-corrected chi connectivity index (χ1v) is 6.24. The number of nitrogens with two attached hydrogens (primary N) is 1. The number of thiazole rings is 1. The van der Waals surface area contributed by atoms with Gasteiger partial charge in [-0.2, -0.15) is 0 Å². The molecule has 2 N–H and O–H groups in total. The van der Waals surface area contributed by atoms with Crippen molar-refractivity contribution in [2.45, 2.75) is 12.8 Å². The zero-order valence-corrected chi connectivity index (χ0v) is 10.1. The van der Waals surface area contributed by atoms with E-state index < -0.39 is 0 Å². The number of hydrogen-bond acceptors (Lipinski definition) is 5. The molecule has 88 valence electrons. The number of aromatic nitrogens is 2. The van der Waals surface area contributed by atoms with E-state index in [1.807, 2.05) is 12.1 Å². The minimum atomic E-state index is 0.0377. The van der Waals surface area contributed by atoms with Crippen LogP contribution in [0, 0.1) is 0 Å². The standard InChI is InChI=1S/C12H13N3OS/c13-4-1-12-15-10(8-17-12)11(16)7-9-2-5-14-6-3-9/h2-3,5-6,8H,1,4,7,13H2. The van der Waals surface area contributed by atoms with Gasteiger partial charge in [-0.25, -0.2) is 4.98 Å². The molecule has 0 aliphatic heterocycles. The Morgan fingerprint density at radius 3 is 2.82 bits per heavy atom. The summed E-state index contributed by atoms with van der Waals surface area (Å²) in [6, 6.07) is 3.68. The molecule has 4 nitrogen and oxygen atoms in total. The molecule has 5 heteroatoms. The van der Waals surface area contributed by atoms with Gasteiger partial charge in [-0.05, 0) is 24.2 Å². The molecule has 0 saturated carbocycles. The highest BCUT2D eigenvalue weighted by molar-refractivity contribution is 7.09. The predicted octanol–water partition coefficient (Wildman–Crippen LogP) is 1.46. The molecule has 2 rings (SSSR count). The molecule has 0 aliphatic rings. The molecule has 0 aromatic carbocycles. The monoisotopic (exact) mass is 247 g/mol. The fourth-order valence-electron chi connectivity index (χ4n) is 1.45. The van der Waals surface area contributed by atoms with Crippen LogP contribution in [0.5, 0.6) is 0 Å². The quantitative estimate of drug-likeness (QED) is 0.812. The van der Waals surface area contributed by atoms with Crippen molar-refractivity contribution < 1.29 is 4.79 Å². The van der Waals surface area contributed by atoms with Crippen molar-refractivity contribution in [2.75, 3.05) is 6.54 Å². The summed E-state index contributed by atoms with van der Waals surface area (Å²) in [5, 5.41) is 2.72. The van der Waals surface area contributed by atoms with E-state index >= 15 is 0 Å². The molecular formula is C12H13N3OS. The fraction of sp³-hybridized carbons (Fsp3) is 0.250. The minimum Gasteiger partial charge on any atom is -0.330 e. The Labute approximate surface area is 104 Å². The summed E-state index contributed by atoms with van der Waals surface area (Å²) in [4.78, 5) is 20.1. The summed E-state index contributed by atoms with van der Waals surface area (Å²) in [6.07, 6.45) is 4.47. The fourth-order valence-corrected chi connectivity index (χ4v) is 2.27. The first kappa shape index (κ1) is 11.9. The van der Waals surface area contributed by atoms with Crippen molar-refractivity contribution in [1.82, 2.24) is 9.97 Å². The summed E-state index contributed by atoms with van der Waals surface area (Å²) in [6.45, 7) is 0.561. The molecule has 0 radical (unpaired) electrons. The lowest BCUT2D eigenvalue weighted by Crippen LogP contribution is -2.06. The number of rotatable bonds is 5. The minimum absolute atomic E-state index is 0.0377. The summed E-state index contributed by atoms with van der Waals surface area (Å²) < 4.78 is 0. The number of ketones is 1. The Morgan fingerprint density at radius 1 is 1.35 bits per heavy atom. The predicted molar refractivity (Wildman–Crippen MR) is 67.1 cm³/mol. The van der Waals surface area contributed by atoms with E-state index in [4.69, 9.17) is 5.73 Å². The lowest BCUT2D eigenvalue weighted by molar-refractivity contribution is 0.0988. The molecule has 0 spiro atoms. The summed E-state index contributed by atoms with van der Waals surface area (Å²) in [5.41, 5.74) is 6.94. The number of carbonyl (C=O) groups is 1. The van der Waals surface area contributed by atoms with Gasteiger partial charge in [0, 0.05) is 30.6 Å². The van der Waals surface area contributed by atoms with Gasteiger partial charge in [-0.1, -0.05) is 0 Å². The van der Waals surface area contributed by atoms with Crippen LogP contribution < -0.4 is 5.73 Å². The van der Waals surface area contributed by atoms with Crippen LogP contribution in [-0.2, 0) is 12.8 Å². The third kappa shape index (κ3) is 3.18. The van der Waals surface area contributed by atoms with Gasteiger partial charge >= 0.3 is 0 Å². The normalized spacial score (nSPS) is 10.4. The Bertz CT molecular complexity index is 495. The molecule has 0 unspecified atom stereocenters. The summed E-state index contributed by atoms with van der Waals surface area (Å²) in [5.74, 6) is 0.0377. The number of nitrogens with zero attached hydrogens (tertiary/aromatic N) is 2. The van der Waals surface area contributed by atoms with Gasteiger partial charge in [0.25, 0.3) is 0 Å². The molecule has 0 fully saturated rings. The van der Waals surface area contributed by atoms with E-state index in [-0.39, 0.29) is 5.78 Å². The summed E-state index contributed by atoms with van der Waals surface area (Å²) >= 11 is 1.49. The number of Topliss-reactive ketones (excluding diaryl/α,β-unsaturated/α-hetero) is 1. The van der Waals surface area contributed by atoms with Gasteiger partial charge in [0.1, 0.15) is 5.69 Å². The second kappa shape index (κ2) is 5.65. The molecule has 2 heterocycles. The molecule has 2 aromatic heterocycles. The molecular weight excluding hydrogens is 234 g/mol. The van der Waals surface area contributed by atoms with Crippen LogP contribution in [0.15, 0.2) is 29.9 Å². The van der Waals surface area contributed by atoms with Gasteiger partial charge in [-0.15, -0.1) is 11.3 Å². The SMILES string of the molecule is NCCc1nc(C(=O)Cc2ccncc2)cs1. The zero-order valence-electron chi connectivity index (χ0n) is 9.30. The highest BCUT2D eigenvalue weighted by atomic mass is 32.1. The molecule has 0 amide bonds. The first-order chi connectivity index (χ1) is 8.29. The molecule has 0 atom stereocenters. The number of hydrogen-bond donors (Lipinski definition) is 1. The molecule has 0 bridgehead atoms. The van der Waals surface area contributed by atoms with Crippen LogP contribution in [0.3, 0.4) is 0 Å². The molecule has 0 aliphatic carbocycles. The Morgan fingerprint density at radius 2 is 2.12 bits per heavy atom. The van der Waals surface area contributed by atoms with Crippen LogP contribution in [0.1, 0.15) is 21.1 Å². The topological polar surface area (TPSA) is 68.9 Å². The van der Waals surface area contributed by atoms with Crippen molar-refractivity contribution in [3.8, 4) is 0 Å². The van der Waals surface area contributed by atoms with Gasteiger partial charge in [0.05, 0.1) is 5.01 Å². The lowest BCUT2D eigenvalue weighted by atomic mass is 10.1. The van der Waals surface area contributed by atoms with Gasteiger partial charge in [-0.3, -0.25) is 9.78 Å². The van der Waals surface area contributed by atoms with Crippen molar-refractivity contribution >= 4 is 17.1 Å². The maximum atomic E-state index is 11.9. The highest BCUT2D eigenvalue weighted by Gasteiger charge is 2.11. The van der Waals surface area contributed by atoms with Crippen LogP contribution in [0.4, 0.5) is 0 Å². The van der Waals surface area contributed by atoms with Crippen LogP contribution in [0.25, 0.3) is 0 Å². The van der Waals surface area contributed by atoms with Crippen LogP contribution >= 0.6 is 11.3 Å². The Balaban J connectivity index is 2.04. The summed E-state index contributed by atoms with van der Waals surface area (Å²) in [7, 11) is 0. The smallest absolute Gasteiger partial charge is 0.186 e. The van der Waals surface area contributed by atoms with Crippen LogP contribution in [-0.4, -0.2) is 22.3 Å². The van der Waals surface area contributed by atoms with E-state index in [0.29, 0.717) is 18.7 Å². The van der Waals surface area contributed by atoms with Crippen molar-refractivity contribution in [1.29, 1.82) is 0 Å². The maximum absolute atomic E-state index is 11.9. The Kier molecular flexibility index (Phi) is 3.95. The molecule has 2 aromatic rings. The van der Waals surface area contributed by atoms with Crippen molar-refractivity contribution in [3.63, 3.8) is 0 Å². The van der Waals surface area contributed by atoms with E-state index in [9.17, 15) is 4.79 Å². The third-order valence-corrected chi connectivity index (χ3v) is 3.22. The zero-order chi connectivity index (χ0) is 12.1. The highest BCUT2D eigenvalue weighted by Crippen LogP contribution is 2.12. The Hall–Kier alpha value is -1.59. The van der Waals surface area contributed by atoms with Gasteiger partial charge in [0.15, 0.2) is 5.78 Å². The van der Waals surface area contributed by atoms with E-state index in [1.54, 1.807) is 17.8 Å². The maximum Gasteiger partial charge on any atom is 0.186 e. The average Bonchev–Trinajstić information content (AvgIpc) is 2.79. The van der Waals surface area contributed by atoms with Crippen molar-refractivity contribution in [3.05, 3.63) is 46.2 Å².